The molecule has 1 aliphatic rings. The molecule has 1 saturated carbocycles. The van der Waals surface area contributed by atoms with Crippen LogP contribution in [-0.2, 0) is 0 Å². The predicted molar refractivity (Wildman–Crippen MR) is 58.9 cm³/mol. The van der Waals surface area contributed by atoms with Gasteiger partial charge in [0.15, 0.2) is 0 Å². The van der Waals surface area contributed by atoms with Crippen LogP contribution >= 0.6 is 0 Å². The van der Waals surface area contributed by atoms with Crippen molar-refractivity contribution >= 4 is 0 Å². The summed E-state index contributed by atoms with van der Waals surface area (Å²) in [5, 5.41) is 3.45. The lowest BCUT2D eigenvalue weighted by Crippen LogP contribution is -2.24. The minimum Gasteiger partial charge on any atom is -0.311 e. The standard InChI is InChI=1S/C12H23N/c1-10(2)13-9-11(3)8-12-6-4-5-7-12/h8,10,12-13H,4-7,9H2,1-3H3. The number of hydrogen-bond acceptors (Lipinski definition) is 1. The second-order valence-corrected chi connectivity index (χ2v) is 4.59. The Labute approximate surface area is 82.6 Å². The Morgan fingerprint density at radius 1 is 1.38 bits per heavy atom. The second-order valence-electron chi connectivity index (χ2n) is 4.59. The molecule has 0 atom stereocenters. The maximum Gasteiger partial charge on any atom is 0.0164 e. The molecule has 0 amide bonds. The molecule has 0 aromatic rings. The molecule has 76 valence electrons. The molecule has 0 radical (unpaired) electrons. The Kier molecular flexibility index (Phi) is 4.51. The first kappa shape index (κ1) is 10.8. The molecule has 0 saturated heterocycles. The Balaban J connectivity index is 2.24. The van der Waals surface area contributed by atoms with Gasteiger partial charge in [-0.1, -0.05) is 38.3 Å². The number of nitrogens with one attached hydrogen (secondary N) is 1. The first-order valence-corrected chi connectivity index (χ1v) is 5.59. The van der Waals surface area contributed by atoms with Gasteiger partial charge in [0.25, 0.3) is 0 Å². The van der Waals surface area contributed by atoms with Gasteiger partial charge in [-0.3, -0.25) is 0 Å². The summed E-state index contributed by atoms with van der Waals surface area (Å²) >= 11 is 0. The van der Waals surface area contributed by atoms with Crippen LogP contribution in [0.25, 0.3) is 0 Å². The zero-order chi connectivity index (χ0) is 9.68. The summed E-state index contributed by atoms with van der Waals surface area (Å²) in [6, 6.07) is 0.604. The van der Waals surface area contributed by atoms with Gasteiger partial charge in [0.2, 0.25) is 0 Å². The molecule has 13 heavy (non-hydrogen) atoms. The van der Waals surface area contributed by atoms with Gasteiger partial charge in [0.1, 0.15) is 0 Å². The summed E-state index contributed by atoms with van der Waals surface area (Å²) in [6.45, 7) is 7.70. The smallest absolute Gasteiger partial charge is 0.0164 e. The van der Waals surface area contributed by atoms with Crippen molar-refractivity contribution in [3.05, 3.63) is 11.6 Å². The molecule has 1 nitrogen and oxygen atoms in total. The maximum absolute atomic E-state index is 3.45. The first-order chi connectivity index (χ1) is 6.18. The van der Waals surface area contributed by atoms with Crippen LogP contribution in [0.5, 0.6) is 0 Å². The third-order valence-electron chi connectivity index (χ3n) is 2.71. The molecule has 0 unspecified atom stereocenters. The van der Waals surface area contributed by atoms with E-state index in [0.717, 1.165) is 12.5 Å². The molecule has 0 aliphatic heterocycles. The van der Waals surface area contributed by atoms with E-state index in [-0.39, 0.29) is 0 Å². The molecule has 1 heteroatoms. The molecular weight excluding hydrogens is 158 g/mol. The van der Waals surface area contributed by atoms with Gasteiger partial charge in [-0.25, -0.2) is 0 Å². The lowest BCUT2D eigenvalue weighted by Gasteiger charge is -2.10. The lowest BCUT2D eigenvalue weighted by atomic mass is 10.0. The van der Waals surface area contributed by atoms with Gasteiger partial charge in [0, 0.05) is 12.6 Å². The molecule has 1 rings (SSSR count). The third kappa shape index (κ3) is 4.47. The van der Waals surface area contributed by atoms with Crippen molar-refractivity contribution in [3.8, 4) is 0 Å². The summed E-state index contributed by atoms with van der Waals surface area (Å²) in [5.74, 6) is 0.883. The minimum absolute atomic E-state index is 0.604. The maximum atomic E-state index is 3.45. The van der Waals surface area contributed by atoms with Crippen molar-refractivity contribution in [2.45, 2.75) is 52.5 Å². The average molecular weight is 181 g/mol. The molecule has 0 aromatic heterocycles. The summed E-state index contributed by atoms with van der Waals surface area (Å²) in [5.41, 5.74) is 1.51. The quantitative estimate of drug-likeness (QED) is 0.657. The Bertz CT molecular complexity index is 164. The zero-order valence-corrected chi connectivity index (χ0v) is 9.27. The van der Waals surface area contributed by atoms with Crippen LogP contribution in [-0.4, -0.2) is 12.6 Å². The van der Waals surface area contributed by atoms with E-state index in [1.54, 1.807) is 0 Å². The van der Waals surface area contributed by atoms with Crippen molar-refractivity contribution in [1.29, 1.82) is 0 Å². The van der Waals surface area contributed by atoms with Gasteiger partial charge in [-0.15, -0.1) is 0 Å². The lowest BCUT2D eigenvalue weighted by molar-refractivity contribution is 0.612. The highest BCUT2D eigenvalue weighted by atomic mass is 14.9. The van der Waals surface area contributed by atoms with Gasteiger partial charge in [-0.2, -0.15) is 0 Å². The van der Waals surface area contributed by atoms with E-state index in [9.17, 15) is 0 Å². The van der Waals surface area contributed by atoms with Gasteiger partial charge < -0.3 is 5.32 Å². The SMILES string of the molecule is CC(=CC1CCCC1)CNC(C)C. The van der Waals surface area contributed by atoms with Crippen molar-refractivity contribution in [2.75, 3.05) is 6.54 Å². The summed E-state index contributed by atoms with van der Waals surface area (Å²) in [7, 11) is 0. The molecule has 0 aromatic carbocycles. The van der Waals surface area contributed by atoms with E-state index in [1.807, 2.05) is 0 Å². The largest absolute Gasteiger partial charge is 0.311 e. The van der Waals surface area contributed by atoms with Crippen LogP contribution < -0.4 is 5.32 Å². The van der Waals surface area contributed by atoms with Crippen LogP contribution in [0.4, 0.5) is 0 Å². The number of allylic oxidation sites excluding steroid dienone is 1. The second kappa shape index (κ2) is 5.43. The van der Waals surface area contributed by atoms with Crippen molar-refractivity contribution in [1.82, 2.24) is 5.32 Å². The highest BCUT2D eigenvalue weighted by molar-refractivity contribution is 5.04. The first-order valence-electron chi connectivity index (χ1n) is 5.59. The van der Waals surface area contributed by atoms with Crippen LogP contribution in [0.3, 0.4) is 0 Å². The zero-order valence-electron chi connectivity index (χ0n) is 9.27. The topological polar surface area (TPSA) is 12.0 Å². The van der Waals surface area contributed by atoms with Crippen LogP contribution in [0, 0.1) is 5.92 Å². The fourth-order valence-corrected chi connectivity index (χ4v) is 1.95. The third-order valence-corrected chi connectivity index (χ3v) is 2.71. The van der Waals surface area contributed by atoms with Crippen LogP contribution in [0.15, 0.2) is 11.6 Å². The van der Waals surface area contributed by atoms with Gasteiger partial charge >= 0.3 is 0 Å². The predicted octanol–water partition coefficient (Wildman–Crippen LogP) is 3.12. The monoisotopic (exact) mass is 181 g/mol. The van der Waals surface area contributed by atoms with Crippen LogP contribution in [0.2, 0.25) is 0 Å². The van der Waals surface area contributed by atoms with Gasteiger partial charge in [-0.05, 0) is 25.7 Å². The molecule has 0 heterocycles. The Hall–Kier alpha value is -0.300. The molecule has 1 aliphatic carbocycles. The Morgan fingerprint density at radius 2 is 2.00 bits per heavy atom. The Morgan fingerprint density at radius 3 is 2.54 bits per heavy atom. The van der Waals surface area contributed by atoms with Gasteiger partial charge in [0.05, 0.1) is 0 Å². The fourth-order valence-electron chi connectivity index (χ4n) is 1.95. The average Bonchev–Trinajstić information content (AvgIpc) is 2.53. The number of rotatable bonds is 4. The summed E-state index contributed by atoms with van der Waals surface area (Å²) in [6.07, 6.45) is 8.18. The highest BCUT2D eigenvalue weighted by Gasteiger charge is 2.11. The molecule has 1 N–H and O–H groups in total. The van der Waals surface area contributed by atoms with E-state index in [4.69, 9.17) is 0 Å². The summed E-state index contributed by atoms with van der Waals surface area (Å²) in [4.78, 5) is 0. The normalized spacial score (nSPS) is 20.2. The molecule has 1 fully saturated rings. The van der Waals surface area contributed by atoms with E-state index in [2.05, 4.69) is 32.2 Å². The van der Waals surface area contributed by atoms with E-state index < -0.39 is 0 Å². The summed E-state index contributed by atoms with van der Waals surface area (Å²) < 4.78 is 0. The van der Waals surface area contributed by atoms with Crippen molar-refractivity contribution in [3.63, 3.8) is 0 Å². The number of hydrogen-bond donors (Lipinski definition) is 1. The van der Waals surface area contributed by atoms with Crippen molar-refractivity contribution < 1.29 is 0 Å². The fraction of sp³-hybridized carbons (Fsp3) is 0.833. The van der Waals surface area contributed by atoms with Crippen molar-refractivity contribution in [2.24, 2.45) is 5.92 Å². The van der Waals surface area contributed by atoms with E-state index in [0.29, 0.717) is 6.04 Å². The van der Waals surface area contributed by atoms with Crippen LogP contribution in [0.1, 0.15) is 46.5 Å². The highest BCUT2D eigenvalue weighted by Crippen LogP contribution is 2.26. The minimum atomic E-state index is 0.604. The molecule has 0 bridgehead atoms. The molecular formula is C12H23N. The van der Waals surface area contributed by atoms with E-state index in [1.165, 1.54) is 31.3 Å². The van der Waals surface area contributed by atoms with E-state index >= 15 is 0 Å². The molecule has 0 spiro atoms.